The first-order valence-electron chi connectivity index (χ1n) is 3.87. The molecule has 0 saturated carbocycles. The molecule has 1 heterocycles. The summed E-state index contributed by atoms with van der Waals surface area (Å²) in [5.41, 5.74) is 5.11. The third-order valence-electron chi connectivity index (χ3n) is 1.56. The smallest absolute Gasteiger partial charge is 0.336 e. The molecular weight excluding hydrogens is 220 g/mol. The predicted octanol–water partition coefficient (Wildman–Crippen LogP) is 0.932. The standard InChI is InChI=1S/C9H7ClN2O3/c10-7-3-6(9(14)15)5(4-12-7)1-2-8(11)13/h1-4H,(H2,11,13)(H,14,15). The Balaban J connectivity index is 3.17. The average Bonchev–Trinajstić information content (AvgIpc) is 2.15. The van der Waals surface area contributed by atoms with Crippen LogP contribution in [-0.2, 0) is 4.79 Å². The fraction of sp³-hybridized carbons (Fsp3) is 0. The molecule has 0 unspecified atom stereocenters. The number of primary amides is 1. The zero-order chi connectivity index (χ0) is 11.4. The zero-order valence-electron chi connectivity index (χ0n) is 7.48. The van der Waals surface area contributed by atoms with Gasteiger partial charge in [-0.1, -0.05) is 11.6 Å². The molecule has 1 rings (SSSR count). The van der Waals surface area contributed by atoms with Gasteiger partial charge in [-0.25, -0.2) is 9.78 Å². The van der Waals surface area contributed by atoms with Crippen LogP contribution in [0.4, 0.5) is 0 Å². The van der Waals surface area contributed by atoms with Crippen molar-refractivity contribution in [3.63, 3.8) is 0 Å². The Bertz CT molecular complexity index is 443. The number of amides is 1. The Labute approximate surface area is 90.2 Å². The van der Waals surface area contributed by atoms with E-state index in [-0.39, 0.29) is 16.3 Å². The van der Waals surface area contributed by atoms with Crippen molar-refractivity contribution in [3.05, 3.63) is 34.6 Å². The molecule has 0 aromatic carbocycles. The number of nitrogens with zero attached hydrogens (tertiary/aromatic N) is 1. The summed E-state index contributed by atoms with van der Waals surface area (Å²) in [7, 11) is 0. The minimum absolute atomic E-state index is 0.0347. The monoisotopic (exact) mass is 226 g/mol. The minimum atomic E-state index is -1.15. The van der Waals surface area contributed by atoms with E-state index in [2.05, 4.69) is 4.98 Å². The summed E-state index contributed by atoms with van der Waals surface area (Å²) in [6.45, 7) is 0. The Hall–Kier alpha value is -1.88. The average molecular weight is 227 g/mol. The highest BCUT2D eigenvalue weighted by Crippen LogP contribution is 2.14. The fourth-order valence-corrected chi connectivity index (χ4v) is 1.09. The molecular formula is C9H7ClN2O3. The van der Waals surface area contributed by atoms with Gasteiger partial charge in [-0.3, -0.25) is 4.79 Å². The lowest BCUT2D eigenvalue weighted by atomic mass is 10.1. The molecule has 0 saturated heterocycles. The molecule has 0 bridgehead atoms. The quantitative estimate of drug-likeness (QED) is 0.592. The van der Waals surface area contributed by atoms with E-state index in [1.807, 2.05) is 0 Å². The van der Waals surface area contributed by atoms with Crippen molar-refractivity contribution in [1.82, 2.24) is 4.98 Å². The van der Waals surface area contributed by atoms with Gasteiger partial charge in [0.05, 0.1) is 5.56 Å². The zero-order valence-corrected chi connectivity index (χ0v) is 8.23. The first-order valence-corrected chi connectivity index (χ1v) is 4.25. The van der Waals surface area contributed by atoms with Crippen LogP contribution in [0, 0.1) is 0 Å². The van der Waals surface area contributed by atoms with E-state index in [1.54, 1.807) is 0 Å². The molecule has 0 spiro atoms. The van der Waals surface area contributed by atoms with E-state index in [4.69, 9.17) is 22.4 Å². The number of hydrogen-bond acceptors (Lipinski definition) is 3. The number of carbonyl (C=O) groups is 2. The number of halogens is 1. The van der Waals surface area contributed by atoms with Crippen molar-refractivity contribution in [1.29, 1.82) is 0 Å². The van der Waals surface area contributed by atoms with E-state index in [0.29, 0.717) is 0 Å². The number of nitrogens with two attached hydrogens (primary N) is 1. The summed E-state index contributed by atoms with van der Waals surface area (Å²) in [6, 6.07) is 1.20. The van der Waals surface area contributed by atoms with Crippen molar-refractivity contribution in [2.75, 3.05) is 0 Å². The van der Waals surface area contributed by atoms with Gasteiger partial charge in [0.2, 0.25) is 5.91 Å². The van der Waals surface area contributed by atoms with Crippen LogP contribution in [0.5, 0.6) is 0 Å². The highest BCUT2D eigenvalue weighted by Gasteiger charge is 2.09. The van der Waals surface area contributed by atoms with E-state index in [1.165, 1.54) is 18.3 Å². The maximum atomic E-state index is 10.8. The molecule has 1 aromatic rings. The molecule has 0 aliphatic rings. The highest BCUT2D eigenvalue weighted by molar-refractivity contribution is 6.29. The van der Waals surface area contributed by atoms with Gasteiger partial charge in [0, 0.05) is 17.8 Å². The molecule has 0 aliphatic heterocycles. The molecule has 0 radical (unpaired) electrons. The maximum absolute atomic E-state index is 10.8. The Morgan fingerprint density at radius 1 is 1.53 bits per heavy atom. The number of carboxylic acids is 1. The Kier molecular flexibility index (Phi) is 3.41. The molecule has 0 aliphatic carbocycles. The van der Waals surface area contributed by atoms with Crippen molar-refractivity contribution in [3.8, 4) is 0 Å². The van der Waals surface area contributed by atoms with E-state index in [9.17, 15) is 9.59 Å². The van der Waals surface area contributed by atoms with Gasteiger partial charge >= 0.3 is 5.97 Å². The fourth-order valence-electron chi connectivity index (χ4n) is 0.930. The Morgan fingerprint density at radius 2 is 2.20 bits per heavy atom. The lowest BCUT2D eigenvalue weighted by molar-refractivity contribution is -0.113. The summed E-state index contributed by atoms with van der Waals surface area (Å²) in [6.07, 6.45) is 3.58. The molecule has 1 aromatic heterocycles. The summed E-state index contributed by atoms with van der Waals surface area (Å²) < 4.78 is 0. The number of carboxylic acid groups (broad SMARTS) is 1. The van der Waals surface area contributed by atoms with Gasteiger partial charge in [-0.2, -0.15) is 0 Å². The van der Waals surface area contributed by atoms with E-state index >= 15 is 0 Å². The second-order valence-corrected chi connectivity index (χ2v) is 3.02. The van der Waals surface area contributed by atoms with Crippen molar-refractivity contribution < 1.29 is 14.7 Å². The molecule has 5 nitrogen and oxygen atoms in total. The van der Waals surface area contributed by atoms with Crippen molar-refractivity contribution in [2.24, 2.45) is 5.73 Å². The maximum Gasteiger partial charge on any atom is 0.336 e. The summed E-state index contributed by atoms with van der Waals surface area (Å²) in [5.74, 6) is -1.82. The van der Waals surface area contributed by atoms with Crippen LogP contribution in [0.25, 0.3) is 6.08 Å². The van der Waals surface area contributed by atoms with Crippen molar-refractivity contribution >= 4 is 29.6 Å². The van der Waals surface area contributed by atoms with Crippen LogP contribution in [0.15, 0.2) is 18.3 Å². The predicted molar refractivity (Wildman–Crippen MR) is 54.4 cm³/mol. The first kappa shape index (κ1) is 11.2. The third kappa shape index (κ3) is 3.07. The molecule has 1 amide bonds. The summed E-state index contributed by atoms with van der Waals surface area (Å²) >= 11 is 5.53. The second kappa shape index (κ2) is 4.56. The van der Waals surface area contributed by atoms with Gasteiger partial charge in [-0.15, -0.1) is 0 Å². The number of aromatic carboxylic acids is 1. The number of pyridine rings is 1. The SMILES string of the molecule is NC(=O)C=Cc1cnc(Cl)cc1C(=O)O. The molecule has 15 heavy (non-hydrogen) atoms. The van der Waals surface area contributed by atoms with Gasteiger partial charge in [0.25, 0.3) is 0 Å². The van der Waals surface area contributed by atoms with Crippen LogP contribution >= 0.6 is 11.6 Å². The van der Waals surface area contributed by atoms with Crippen LogP contribution in [-0.4, -0.2) is 22.0 Å². The van der Waals surface area contributed by atoms with Crippen LogP contribution < -0.4 is 5.73 Å². The van der Waals surface area contributed by atoms with Gasteiger partial charge in [0.1, 0.15) is 5.15 Å². The normalized spacial score (nSPS) is 10.5. The van der Waals surface area contributed by atoms with Crippen LogP contribution in [0.1, 0.15) is 15.9 Å². The molecule has 78 valence electrons. The molecule has 0 fully saturated rings. The van der Waals surface area contributed by atoms with Crippen LogP contribution in [0.3, 0.4) is 0 Å². The number of rotatable bonds is 3. The number of aromatic nitrogens is 1. The topological polar surface area (TPSA) is 93.3 Å². The second-order valence-electron chi connectivity index (χ2n) is 2.64. The van der Waals surface area contributed by atoms with Crippen molar-refractivity contribution in [2.45, 2.75) is 0 Å². The van der Waals surface area contributed by atoms with E-state index < -0.39 is 11.9 Å². The highest BCUT2D eigenvalue weighted by atomic mass is 35.5. The summed E-state index contributed by atoms with van der Waals surface area (Å²) in [4.78, 5) is 24.9. The van der Waals surface area contributed by atoms with Gasteiger partial charge < -0.3 is 10.8 Å². The number of carbonyl (C=O) groups excluding carboxylic acids is 1. The lowest BCUT2D eigenvalue weighted by Crippen LogP contribution is -2.06. The molecule has 6 heteroatoms. The van der Waals surface area contributed by atoms with E-state index in [0.717, 1.165) is 6.08 Å². The van der Waals surface area contributed by atoms with Crippen LogP contribution in [0.2, 0.25) is 5.15 Å². The van der Waals surface area contributed by atoms with Gasteiger partial charge in [0.15, 0.2) is 0 Å². The number of hydrogen-bond donors (Lipinski definition) is 2. The first-order chi connectivity index (χ1) is 7.00. The van der Waals surface area contributed by atoms with Gasteiger partial charge in [-0.05, 0) is 12.1 Å². The third-order valence-corrected chi connectivity index (χ3v) is 1.77. The lowest BCUT2D eigenvalue weighted by Gasteiger charge is -2.00. The largest absolute Gasteiger partial charge is 0.478 e. The summed E-state index contributed by atoms with van der Waals surface area (Å²) in [5, 5.41) is 8.89. The molecule has 3 N–H and O–H groups in total. The Morgan fingerprint density at radius 3 is 2.73 bits per heavy atom. The molecule has 0 atom stereocenters. The minimum Gasteiger partial charge on any atom is -0.478 e.